The van der Waals surface area contributed by atoms with Gasteiger partial charge < -0.3 is 4.57 Å². The Hall–Kier alpha value is -2.59. The van der Waals surface area contributed by atoms with Crippen molar-refractivity contribution in [1.29, 1.82) is 0 Å². The van der Waals surface area contributed by atoms with Crippen LogP contribution in [0.5, 0.6) is 0 Å². The fourth-order valence-corrected chi connectivity index (χ4v) is 3.19. The third-order valence-corrected chi connectivity index (χ3v) is 4.75. The molecule has 0 bridgehead atoms. The average molecular weight is 382 g/mol. The van der Waals surface area contributed by atoms with E-state index in [9.17, 15) is 4.79 Å². The minimum Gasteiger partial charge on any atom is -0.342 e. The van der Waals surface area contributed by atoms with Gasteiger partial charge in [0.1, 0.15) is 0 Å². The normalized spacial score (nSPS) is 11.3. The molecule has 2 aromatic carbocycles. The van der Waals surface area contributed by atoms with E-state index in [2.05, 4.69) is 22.0 Å². The lowest BCUT2D eigenvalue weighted by Crippen LogP contribution is -2.17. The second-order valence-electron chi connectivity index (χ2n) is 6.56. The molecular formula is C22H24ClN3O. The zero-order chi connectivity index (χ0) is 19.1. The lowest BCUT2D eigenvalue weighted by atomic mass is 10.1. The summed E-state index contributed by atoms with van der Waals surface area (Å²) in [5.41, 5.74) is 5.43. The molecule has 140 valence electrons. The molecule has 0 spiro atoms. The summed E-state index contributed by atoms with van der Waals surface area (Å²) in [4.78, 5) is 12.6. The SMILES string of the molecule is CCCCC/C=N/NC(=O)c1cn(Cc2ccc(Cl)cc2)c2ccccc12. The monoisotopic (exact) mass is 381 g/mol. The standard InChI is InChI=1S/C22H24ClN3O/c1-2-3-4-7-14-24-25-22(27)20-16-26(21-9-6-5-8-19(20)21)15-17-10-12-18(23)13-11-17/h5-6,8-14,16H,2-4,7,15H2,1H3,(H,25,27)/b24-14+. The second-order valence-corrected chi connectivity index (χ2v) is 7.00. The summed E-state index contributed by atoms with van der Waals surface area (Å²) in [6, 6.07) is 15.7. The molecule has 0 atom stereocenters. The van der Waals surface area contributed by atoms with E-state index >= 15 is 0 Å². The van der Waals surface area contributed by atoms with Gasteiger partial charge in [-0.2, -0.15) is 5.10 Å². The number of hydrazone groups is 1. The Morgan fingerprint density at radius 1 is 1.15 bits per heavy atom. The molecule has 0 aliphatic rings. The fraction of sp³-hybridized carbons (Fsp3) is 0.273. The van der Waals surface area contributed by atoms with Crippen LogP contribution >= 0.6 is 11.6 Å². The number of rotatable bonds is 8. The van der Waals surface area contributed by atoms with E-state index in [1.807, 2.05) is 54.7 Å². The van der Waals surface area contributed by atoms with Gasteiger partial charge >= 0.3 is 0 Å². The molecule has 27 heavy (non-hydrogen) atoms. The van der Waals surface area contributed by atoms with E-state index in [0.717, 1.165) is 29.3 Å². The summed E-state index contributed by atoms with van der Waals surface area (Å²) in [5, 5.41) is 5.72. The third-order valence-electron chi connectivity index (χ3n) is 4.49. The molecular weight excluding hydrogens is 358 g/mol. The zero-order valence-corrected chi connectivity index (χ0v) is 16.2. The van der Waals surface area contributed by atoms with Crippen LogP contribution in [-0.4, -0.2) is 16.7 Å². The van der Waals surface area contributed by atoms with E-state index in [1.54, 1.807) is 6.21 Å². The molecule has 0 saturated carbocycles. The minimum atomic E-state index is -0.187. The molecule has 3 rings (SSSR count). The molecule has 5 heteroatoms. The molecule has 0 radical (unpaired) electrons. The van der Waals surface area contributed by atoms with Gasteiger partial charge in [-0.15, -0.1) is 0 Å². The van der Waals surface area contributed by atoms with Crippen molar-refractivity contribution < 1.29 is 4.79 Å². The largest absolute Gasteiger partial charge is 0.342 e. The first-order chi connectivity index (χ1) is 13.2. The van der Waals surface area contributed by atoms with Crippen molar-refractivity contribution >= 4 is 34.6 Å². The van der Waals surface area contributed by atoms with Crippen LogP contribution in [0.3, 0.4) is 0 Å². The molecule has 0 saturated heterocycles. The molecule has 4 nitrogen and oxygen atoms in total. The van der Waals surface area contributed by atoms with Crippen molar-refractivity contribution in [3.63, 3.8) is 0 Å². The summed E-state index contributed by atoms with van der Waals surface area (Å²) in [6.07, 6.45) is 8.00. The zero-order valence-electron chi connectivity index (χ0n) is 15.5. The molecule has 0 aliphatic heterocycles. The van der Waals surface area contributed by atoms with Gasteiger partial charge in [-0.25, -0.2) is 5.43 Å². The van der Waals surface area contributed by atoms with Crippen LogP contribution in [0, 0.1) is 0 Å². The topological polar surface area (TPSA) is 46.4 Å². The number of halogens is 1. The number of nitrogens with one attached hydrogen (secondary N) is 1. The van der Waals surface area contributed by atoms with E-state index in [4.69, 9.17) is 11.6 Å². The van der Waals surface area contributed by atoms with Gasteiger partial charge in [0.2, 0.25) is 0 Å². The highest BCUT2D eigenvalue weighted by Crippen LogP contribution is 2.23. The molecule has 1 amide bonds. The Labute approximate surface area is 164 Å². The van der Waals surface area contributed by atoms with Gasteiger partial charge in [-0.3, -0.25) is 4.79 Å². The third kappa shape index (κ3) is 4.98. The van der Waals surface area contributed by atoms with Gasteiger partial charge in [-0.1, -0.05) is 61.7 Å². The minimum absolute atomic E-state index is 0.187. The first kappa shape index (κ1) is 19.2. The molecule has 1 heterocycles. The number of benzene rings is 2. The van der Waals surface area contributed by atoms with Crippen molar-refractivity contribution in [2.75, 3.05) is 0 Å². The Morgan fingerprint density at radius 2 is 1.93 bits per heavy atom. The number of hydrogen-bond donors (Lipinski definition) is 1. The lowest BCUT2D eigenvalue weighted by molar-refractivity contribution is 0.0956. The Bertz CT molecular complexity index is 928. The number of para-hydroxylation sites is 1. The Balaban J connectivity index is 1.77. The van der Waals surface area contributed by atoms with Crippen LogP contribution in [0.1, 0.15) is 48.5 Å². The Kier molecular flexibility index (Phi) is 6.66. The van der Waals surface area contributed by atoms with Gasteiger partial charge in [-0.05, 0) is 36.6 Å². The maximum absolute atomic E-state index is 12.6. The second kappa shape index (κ2) is 9.38. The molecule has 0 unspecified atom stereocenters. The highest BCUT2D eigenvalue weighted by atomic mass is 35.5. The molecule has 1 N–H and O–H groups in total. The van der Waals surface area contributed by atoms with Crippen LogP contribution in [0.25, 0.3) is 10.9 Å². The molecule has 3 aromatic rings. The van der Waals surface area contributed by atoms with Crippen molar-refractivity contribution in [3.05, 3.63) is 70.9 Å². The number of aromatic nitrogens is 1. The van der Waals surface area contributed by atoms with Crippen molar-refractivity contribution in [2.45, 2.75) is 39.2 Å². The number of unbranched alkanes of at least 4 members (excludes halogenated alkanes) is 3. The Morgan fingerprint density at radius 3 is 2.70 bits per heavy atom. The van der Waals surface area contributed by atoms with Gasteiger partial charge in [0.25, 0.3) is 5.91 Å². The van der Waals surface area contributed by atoms with Crippen molar-refractivity contribution in [2.24, 2.45) is 5.10 Å². The van der Waals surface area contributed by atoms with Crippen LogP contribution in [0.4, 0.5) is 0 Å². The van der Waals surface area contributed by atoms with Crippen LogP contribution in [0.15, 0.2) is 59.8 Å². The summed E-state index contributed by atoms with van der Waals surface area (Å²) in [7, 11) is 0. The van der Waals surface area contributed by atoms with Crippen LogP contribution in [0.2, 0.25) is 5.02 Å². The first-order valence-corrected chi connectivity index (χ1v) is 9.71. The number of amides is 1. The molecule has 0 aliphatic carbocycles. The number of carbonyl (C=O) groups excluding carboxylic acids is 1. The highest BCUT2D eigenvalue weighted by Gasteiger charge is 2.14. The predicted octanol–water partition coefficient (Wildman–Crippen LogP) is 5.64. The summed E-state index contributed by atoms with van der Waals surface area (Å²) < 4.78 is 2.08. The van der Waals surface area contributed by atoms with Gasteiger partial charge in [0.15, 0.2) is 0 Å². The molecule has 0 fully saturated rings. The maximum Gasteiger partial charge on any atom is 0.273 e. The quantitative estimate of drug-likeness (QED) is 0.306. The number of fused-ring (bicyclic) bond motifs is 1. The van der Waals surface area contributed by atoms with Crippen LogP contribution < -0.4 is 5.43 Å². The van der Waals surface area contributed by atoms with E-state index in [0.29, 0.717) is 17.1 Å². The highest BCUT2D eigenvalue weighted by molar-refractivity contribution is 6.30. The van der Waals surface area contributed by atoms with E-state index in [1.165, 1.54) is 12.8 Å². The smallest absolute Gasteiger partial charge is 0.273 e. The van der Waals surface area contributed by atoms with Crippen molar-refractivity contribution in [3.8, 4) is 0 Å². The molecule has 1 aromatic heterocycles. The fourth-order valence-electron chi connectivity index (χ4n) is 3.06. The van der Waals surface area contributed by atoms with Gasteiger partial charge in [0, 0.05) is 34.9 Å². The number of nitrogens with zero attached hydrogens (tertiary/aromatic N) is 2. The lowest BCUT2D eigenvalue weighted by Gasteiger charge is -2.05. The van der Waals surface area contributed by atoms with Gasteiger partial charge in [0.05, 0.1) is 5.56 Å². The summed E-state index contributed by atoms with van der Waals surface area (Å²) in [5.74, 6) is -0.187. The first-order valence-electron chi connectivity index (χ1n) is 9.33. The van der Waals surface area contributed by atoms with Crippen LogP contribution in [-0.2, 0) is 6.54 Å². The maximum atomic E-state index is 12.6. The number of hydrogen-bond acceptors (Lipinski definition) is 2. The van der Waals surface area contributed by atoms with Crippen molar-refractivity contribution in [1.82, 2.24) is 9.99 Å². The predicted molar refractivity (Wildman–Crippen MR) is 113 cm³/mol. The average Bonchev–Trinajstić information content (AvgIpc) is 3.05. The van der Waals surface area contributed by atoms with E-state index in [-0.39, 0.29) is 5.91 Å². The van der Waals surface area contributed by atoms with E-state index < -0.39 is 0 Å². The summed E-state index contributed by atoms with van der Waals surface area (Å²) in [6.45, 7) is 2.84. The summed E-state index contributed by atoms with van der Waals surface area (Å²) >= 11 is 5.97. The number of carbonyl (C=O) groups is 1.